The summed E-state index contributed by atoms with van der Waals surface area (Å²) < 4.78 is 13.5. The minimum Gasteiger partial charge on any atom is -0.323 e. The molecule has 0 spiro atoms. The van der Waals surface area contributed by atoms with Crippen LogP contribution in [0.1, 0.15) is 17.5 Å². The van der Waals surface area contributed by atoms with Crippen LogP contribution in [0.3, 0.4) is 0 Å². The number of halogens is 1. The number of carbonyl (C=O) groups is 2. The number of fused-ring (bicyclic) bond motifs is 1. The fraction of sp³-hybridized carbons (Fsp3) is 0.222. The third-order valence-corrected chi connectivity index (χ3v) is 4.00. The topological polar surface area (TPSA) is 49.4 Å². The number of carbonyl (C=O) groups excluding carboxylic acids is 2. The Bertz CT molecular complexity index is 773. The van der Waals surface area contributed by atoms with Gasteiger partial charge in [0.2, 0.25) is 11.8 Å². The van der Waals surface area contributed by atoms with Crippen LogP contribution in [0.5, 0.6) is 0 Å². The molecule has 2 aromatic rings. The fourth-order valence-electron chi connectivity index (χ4n) is 2.76. The molecule has 5 heteroatoms. The third kappa shape index (κ3) is 3.23. The van der Waals surface area contributed by atoms with Crippen LogP contribution in [0.2, 0.25) is 0 Å². The Morgan fingerprint density at radius 3 is 2.78 bits per heavy atom. The number of amides is 2. The van der Waals surface area contributed by atoms with Crippen LogP contribution in [0, 0.1) is 5.82 Å². The van der Waals surface area contributed by atoms with Crippen LogP contribution in [-0.4, -0.2) is 18.9 Å². The quantitative estimate of drug-likeness (QED) is 0.947. The number of aryl methyl sites for hydroxylation is 1. The minimum atomic E-state index is -0.452. The molecule has 23 heavy (non-hydrogen) atoms. The van der Waals surface area contributed by atoms with Gasteiger partial charge in [-0.3, -0.25) is 9.59 Å². The van der Waals surface area contributed by atoms with Gasteiger partial charge in [0, 0.05) is 19.2 Å². The second kappa shape index (κ2) is 6.20. The van der Waals surface area contributed by atoms with Gasteiger partial charge >= 0.3 is 0 Å². The first kappa shape index (κ1) is 15.2. The predicted molar refractivity (Wildman–Crippen MR) is 86.9 cm³/mol. The predicted octanol–water partition coefficient (Wildman–Crippen LogP) is 2.92. The highest BCUT2D eigenvalue weighted by molar-refractivity contribution is 5.96. The van der Waals surface area contributed by atoms with Crippen LogP contribution in [0.15, 0.2) is 42.5 Å². The average Bonchev–Trinajstić information content (AvgIpc) is 2.53. The van der Waals surface area contributed by atoms with E-state index in [0.29, 0.717) is 12.8 Å². The number of hydrogen-bond donors (Lipinski definition) is 1. The van der Waals surface area contributed by atoms with Gasteiger partial charge in [0.15, 0.2) is 0 Å². The highest BCUT2D eigenvalue weighted by atomic mass is 19.1. The summed E-state index contributed by atoms with van der Waals surface area (Å²) >= 11 is 0. The molecule has 0 aliphatic carbocycles. The number of para-hydroxylation sites is 1. The smallest absolute Gasteiger partial charge is 0.228 e. The summed E-state index contributed by atoms with van der Waals surface area (Å²) in [6.45, 7) is 0. The van der Waals surface area contributed by atoms with E-state index in [1.807, 2.05) is 18.2 Å². The van der Waals surface area contributed by atoms with Crippen LogP contribution in [0.25, 0.3) is 0 Å². The summed E-state index contributed by atoms with van der Waals surface area (Å²) in [4.78, 5) is 25.4. The molecule has 1 N–H and O–H groups in total. The van der Waals surface area contributed by atoms with E-state index >= 15 is 0 Å². The molecular formula is C18H17FN2O2. The summed E-state index contributed by atoms with van der Waals surface area (Å²) in [6.07, 6.45) is 1.33. The molecule has 3 rings (SSSR count). The first-order valence-corrected chi connectivity index (χ1v) is 7.47. The van der Waals surface area contributed by atoms with Crippen LogP contribution in [-0.2, 0) is 22.4 Å². The summed E-state index contributed by atoms with van der Waals surface area (Å²) in [7, 11) is 1.75. The molecule has 0 saturated heterocycles. The van der Waals surface area contributed by atoms with Gasteiger partial charge in [-0.1, -0.05) is 24.3 Å². The van der Waals surface area contributed by atoms with E-state index in [4.69, 9.17) is 0 Å². The number of nitrogens with zero attached hydrogens (tertiary/aromatic N) is 1. The highest BCUT2D eigenvalue weighted by Crippen LogP contribution is 2.27. The van der Waals surface area contributed by atoms with Gasteiger partial charge in [-0.05, 0) is 35.7 Å². The zero-order valence-electron chi connectivity index (χ0n) is 12.8. The second-order valence-corrected chi connectivity index (χ2v) is 5.62. The number of hydrogen-bond acceptors (Lipinski definition) is 2. The maximum absolute atomic E-state index is 13.5. The molecule has 0 atom stereocenters. The zero-order chi connectivity index (χ0) is 16.4. The standard InChI is InChI=1S/C18H17FN2O2/c1-21-16-8-6-12(10-13(16)7-9-18(21)23)11-17(22)20-15-5-3-2-4-14(15)19/h2-6,8,10H,7,9,11H2,1H3,(H,20,22). The van der Waals surface area contributed by atoms with E-state index in [2.05, 4.69) is 5.32 Å². The van der Waals surface area contributed by atoms with Gasteiger partial charge in [0.25, 0.3) is 0 Å². The monoisotopic (exact) mass is 312 g/mol. The normalized spacial score (nSPS) is 13.7. The van der Waals surface area contributed by atoms with E-state index in [9.17, 15) is 14.0 Å². The van der Waals surface area contributed by atoms with Crippen molar-refractivity contribution in [3.05, 3.63) is 59.4 Å². The van der Waals surface area contributed by atoms with Gasteiger partial charge in [0.1, 0.15) is 5.82 Å². The Morgan fingerprint density at radius 2 is 2.00 bits per heavy atom. The maximum Gasteiger partial charge on any atom is 0.228 e. The van der Waals surface area contributed by atoms with Crippen molar-refractivity contribution < 1.29 is 14.0 Å². The molecule has 0 radical (unpaired) electrons. The van der Waals surface area contributed by atoms with Crippen LogP contribution < -0.4 is 10.2 Å². The molecule has 1 aliphatic heterocycles. The van der Waals surface area contributed by atoms with Crippen molar-refractivity contribution in [1.29, 1.82) is 0 Å². The molecule has 0 fully saturated rings. The first-order chi connectivity index (χ1) is 11.0. The molecule has 2 amide bonds. The number of rotatable bonds is 3. The van der Waals surface area contributed by atoms with Crippen molar-refractivity contribution in [1.82, 2.24) is 0 Å². The first-order valence-electron chi connectivity index (χ1n) is 7.47. The Balaban J connectivity index is 1.72. The molecule has 0 bridgehead atoms. The molecule has 4 nitrogen and oxygen atoms in total. The van der Waals surface area contributed by atoms with E-state index in [0.717, 1.165) is 16.8 Å². The summed E-state index contributed by atoms with van der Waals surface area (Å²) in [5.41, 5.74) is 2.98. The van der Waals surface area contributed by atoms with E-state index in [1.54, 1.807) is 24.1 Å². The summed E-state index contributed by atoms with van der Waals surface area (Å²) in [5, 5.41) is 2.58. The van der Waals surface area contributed by atoms with Gasteiger partial charge in [0.05, 0.1) is 12.1 Å². The molecule has 0 unspecified atom stereocenters. The SMILES string of the molecule is CN1C(=O)CCc2cc(CC(=O)Nc3ccccc3F)ccc21. The lowest BCUT2D eigenvalue weighted by Crippen LogP contribution is -2.31. The van der Waals surface area contributed by atoms with Crippen LogP contribution >= 0.6 is 0 Å². The summed E-state index contributed by atoms with van der Waals surface area (Å²) in [6, 6.07) is 11.7. The Hall–Kier alpha value is -2.69. The van der Waals surface area contributed by atoms with Gasteiger partial charge < -0.3 is 10.2 Å². The van der Waals surface area contributed by atoms with Gasteiger partial charge in [-0.2, -0.15) is 0 Å². The van der Waals surface area contributed by atoms with E-state index in [-0.39, 0.29) is 23.9 Å². The lowest BCUT2D eigenvalue weighted by atomic mass is 9.98. The van der Waals surface area contributed by atoms with E-state index < -0.39 is 5.82 Å². The maximum atomic E-state index is 13.5. The summed E-state index contributed by atoms with van der Waals surface area (Å²) in [5.74, 6) is -0.621. The molecule has 118 valence electrons. The van der Waals surface area contributed by atoms with Crippen molar-refractivity contribution >= 4 is 23.2 Å². The lowest BCUT2D eigenvalue weighted by Gasteiger charge is -2.26. The third-order valence-electron chi connectivity index (χ3n) is 4.00. The average molecular weight is 312 g/mol. The number of anilines is 2. The van der Waals surface area contributed by atoms with Gasteiger partial charge in [-0.15, -0.1) is 0 Å². The lowest BCUT2D eigenvalue weighted by molar-refractivity contribution is -0.118. The molecule has 0 aromatic heterocycles. The Labute approximate surface area is 133 Å². The van der Waals surface area contributed by atoms with Crippen molar-refractivity contribution in [2.24, 2.45) is 0 Å². The number of benzene rings is 2. The van der Waals surface area contributed by atoms with E-state index in [1.165, 1.54) is 12.1 Å². The van der Waals surface area contributed by atoms with Crippen LogP contribution in [0.4, 0.5) is 15.8 Å². The highest BCUT2D eigenvalue weighted by Gasteiger charge is 2.21. The fourth-order valence-corrected chi connectivity index (χ4v) is 2.76. The van der Waals surface area contributed by atoms with Crippen molar-refractivity contribution in [3.63, 3.8) is 0 Å². The van der Waals surface area contributed by atoms with Crippen molar-refractivity contribution in [3.8, 4) is 0 Å². The molecule has 0 saturated carbocycles. The molecule has 1 heterocycles. The Morgan fingerprint density at radius 1 is 1.22 bits per heavy atom. The zero-order valence-corrected chi connectivity index (χ0v) is 12.8. The molecular weight excluding hydrogens is 295 g/mol. The van der Waals surface area contributed by atoms with Crippen molar-refractivity contribution in [2.45, 2.75) is 19.3 Å². The minimum absolute atomic E-state index is 0.0996. The largest absolute Gasteiger partial charge is 0.323 e. The molecule has 1 aliphatic rings. The Kier molecular flexibility index (Phi) is 4.10. The van der Waals surface area contributed by atoms with Gasteiger partial charge in [-0.25, -0.2) is 4.39 Å². The number of nitrogens with one attached hydrogen (secondary N) is 1. The second-order valence-electron chi connectivity index (χ2n) is 5.62. The molecule has 2 aromatic carbocycles. The van der Waals surface area contributed by atoms with Crippen molar-refractivity contribution in [2.75, 3.05) is 17.3 Å².